The Bertz CT molecular complexity index is 1280. The predicted molar refractivity (Wildman–Crippen MR) is 136 cm³/mol. The second-order valence-electron chi connectivity index (χ2n) is 8.78. The van der Waals surface area contributed by atoms with Gasteiger partial charge in [0, 0.05) is 23.5 Å². The molecule has 0 fully saturated rings. The number of thiophene rings is 1. The Morgan fingerprint density at radius 2 is 1.88 bits per heavy atom. The minimum Gasteiger partial charge on any atom is -0.317 e. The topological polar surface area (TPSA) is 45.2 Å². The molecule has 0 unspecified atom stereocenters. The highest BCUT2D eigenvalue weighted by Crippen LogP contribution is 2.45. The SMILES string of the molecule is Cc1cc(C)c(CC(=O)Nc2sc3c(c2-c2nc4ccccc4s2)CCN(C)C3)c(C)c1. The number of hydrogen-bond donors (Lipinski definition) is 1. The number of para-hydroxylation sites is 1. The fourth-order valence-corrected chi connectivity index (χ4v) is 7.10. The van der Waals surface area contributed by atoms with Crippen LogP contribution in [0.5, 0.6) is 0 Å². The zero-order valence-corrected chi connectivity index (χ0v) is 20.5. The van der Waals surface area contributed by atoms with Crippen molar-refractivity contribution in [2.24, 2.45) is 0 Å². The van der Waals surface area contributed by atoms with Crippen molar-refractivity contribution < 1.29 is 4.79 Å². The van der Waals surface area contributed by atoms with Gasteiger partial charge in [-0.15, -0.1) is 22.7 Å². The number of hydrogen-bond acceptors (Lipinski definition) is 5. The number of fused-ring (bicyclic) bond motifs is 2. The van der Waals surface area contributed by atoms with E-state index in [9.17, 15) is 4.79 Å². The third-order valence-electron chi connectivity index (χ3n) is 6.19. The van der Waals surface area contributed by atoms with Gasteiger partial charge in [-0.2, -0.15) is 0 Å². The molecule has 0 radical (unpaired) electrons. The molecule has 4 nitrogen and oxygen atoms in total. The Labute approximate surface area is 196 Å². The van der Waals surface area contributed by atoms with Crippen LogP contribution in [-0.2, 0) is 24.2 Å². The summed E-state index contributed by atoms with van der Waals surface area (Å²) in [5.74, 6) is 0.0364. The highest BCUT2D eigenvalue weighted by molar-refractivity contribution is 7.22. The van der Waals surface area contributed by atoms with Crippen molar-refractivity contribution in [2.75, 3.05) is 18.9 Å². The van der Waals surface area contributed by atoms with Crippen LogP contribution >= 0.6 is 22.7 Å². The monoisotopic (exact) mass is 461 g/mol. The largest absolute Gasteiger partial charge is 0.317 e. The highest BCUT2D eigenvalue weighted by Gasteiger charge is 2.27. The number of thiazole rings is 1. The first-order valence-corrected chi connectivity index (χ1v) is 12.6. The van der Waals surface area contributed by atoms with E-state index in [0.29, 0.717) is 6.42 Å². The van der Waals surface area contributed by atoms with E-state index in [0.717, 1.165) is 46.2 Å². The van der Waals surface area contributed by atoms with Crippen LogP contribution in [0, 0.1) is 20.8 Å². The fourth-order valence-electron chi connectivity index (χ4n) is 4.64. The smallest absolute Gasteiger partial charge is 0.229 e. The number of nitrogens with zero attached hydrogens (tertiary/aromatic N) is 2. The van der Waals surface area contributed by atoms with Crippen molar-refractivity contribution in [3.8, 4) is 10.6 Å². The van der Waals surface area contributed by atoms with Crippen molar-refractivity contribution in [1.82, 2.24) is 9.88 Å². The van der Waals surface area contributed by atoms with E-state index >= 15 is 0 Å². The average Bonchev–Trinajstić information content (AvgIpc) is 3.30. The minimum atomic E-state index is 0.0364. The number of amides is 1. The Kier molecular flexibility index (Phi) is 5.61. The molecule has 0 aliphatic carbocycles. The van der Waals surface area contributed by atoms with Crippen molar-refractivity contribution in [3.05, 3.63) is 69.1 Å². The number of likely N-dealkylation sites (N-methyl/N-ethyl adjacent to an activating group) is 1. The van der Waals surface area contributed by atoms with Crippen molar-refractivity contribution >= 4 is 43.8 Å². The molecule has 0 saturated heterocycles. The van der Waals surface area contributed by atoms with Crippen LogP contribution in [0.2, 0.25) is 0 Å². The van der Waals surface area contributed by atoms with Crippen LogP contribution in [0.15, 0.2) is 36.4 Å². The summed E-state index contributed by atoms with van der Waals surface area (Å²) < 4.78 is 1.18. The second-order valence-corrected chi connectivity index (χ2v) is 10.9. The molecule has 1 amide bonds. The maximum Gasteiger partial charge on any atom is 0.229 e. The molecule has 6 heteroatoms. The molecule has 4 aromatic rings. The third kappa shape index (κ3) is 3.98. The van der Waals surface area contributed by atoms with Gasteiger partial charge in [-0.1, -0.05) is 29.8 Å². The Morgan fingerprint density at radius 1 is 1.12 bits per heavy atom. The molecule has 5 rings (SSSR count). The molecule has 1 aliphatic rings. The molecule has 1 N–H and O–H groups in total. The van der Waals surface area contributed by atoms with E-state index < -0.39 is 0 Å². The van der Waals surface area contributed by atoms with Crippen LogP contribution in [0.3, 0.4) is 0 Å². The van der Waals surface area contributed by atoms with E-state index in [-0.39, 0.29) is 5.91 Å². The first-order valence-electron chi connectivity index (χ1n) is 10.9. The lowest BCUT2D eigenvalue weighted by molar-refractivity contribution is -0.115. The van der Waals surface area contributed by atoms with Crippen LogP contribution in [0.4, 0.5) is 5.00 Å². The average molecular weight is 462 g/mol. The molecule has 2 aromatic heterocycles. The first kappa shape index (κ1) is 21.3. The van der Waals surface area contributed by atoms with Crippen molar-refractivity contribution in [3.63, 3.8) is 0 Å². The summed E-state index contributed by atoms with van der Waals surface area (Å²) in [5, 5.41) is 5.22. The number of rotatable bonds is 4. The quantitative estimate of drug-likeness (QED) is 0.398. The summed E-state index contributed by atoms with van der Waals surface area (Å²) in [6.45, 7) is 8.23. The van der Waals surface area contributed by atoms with Crippen LogP contribution in [0.1, 0.15) is 32.7 Å². The zero-order chi connectivity index (χ0) is 22.4. The Morgan fingerprint density at radius 3 is 2.62 bits per heavy atom. The van der Waals surface area contributed by atoms with Gasteiger partial charge in [0.25, 0.3) is 0 Å². The molecule has 32 heavy (non-hydrogen) atoms. The Hall–Kier alpha value is -2.54. The molecule has 0 saturated carbocycles. The normalized spacial score (nSPS) is 14.0. The van der Waals surface area contributed by atoms with Gasteiger partial charge >= 0.3 is 0 Å². The lowest BCUT2D eigenvalue weighted by Gasteiger charge is -2.22. The summed E-state index contributed by atoms with van der Waals surface area (Å²) in [5.41, 5.74) is 8.21. The summed E-state index contributed by atoms with van der Waals surface area (Å²) in [4.78, 5) is 21.8. The van der Waals surface area contributed by atoms with Gasteiger partial charge in [0.15, 0.2) is 0 Å². The van der Waals surface area contributed by atoms with Gasteiger partial charge < -0.3 is 10.2 Å². The zero-order valence-electron chi connectivity index (χ0n) is 18.9. The molecular weight excluding hydrogens is 434 g/mol. The summed E-state index contributed by atoms with van der Waals surface area (Å²) in [6.07, 6.45) is 1.37. The first-order chi connectivity index (χ1) is 15.4. The van der Waals surface area contributed by atoms with Crippen LogP contribution < -0.4 is 5.32 Å². The highest BCUT2D eigenvalue weighted by atomic mass is 32.1. The third-order valence-corrected chi connectivity index (χ3v) is 8.37. The molecule has 3 heterocycles. The Balaban J connectivity index is 1.52. The number of benzene rings is 2. The molecule has 0 atom stereocenters. The van der Waals surface area contributed by atoms with E-state index in [1.54, 1.807) is 22.7 Å². The molecular formula is C26H27N3OS2. The molecule has 0 bridgehead atoms. The number of carbonyl (C=O) groups excluding carboxylic acids is 1. The van der Waals surface area contributed by atoms with Gasteiger partial charge in [0.05, 0.1) is 16.6 Å². The van der Waals surface area contributed by atoms with Gasteiger partial charge in [-0.3, -0.25) is 4.79 Å². The number of carbonyl (C=O) groups is 1. The summed E-state index contributed by atoms with van der Waals surface area (Å²) in [7, 11) is 2.15. The van der Waals surface area contributed by atoms with Crippen molar-refractivity contribution in [2.45, 2.75) is 40.2 Å². The van der Waals surface area contributed by atoms with Crippen molar-refractivity contribution in [1.29, 1.82) is 0 Å². The van der Waals surface area contributed by atoms with Gasteiger partial charge in [0.2, 0.25) is 5.91 Å². The van der Waals surface area contributed by atoms with Gasteiger partial charge in [-0.25, -0.2) is 4.98 Å². The summed E-state index contributed by atoms with van der Waals surface area (Å²) in [6, 6.07) is 12.6. The van der Waals surface area contributed by atoms with E-state index in [1.165, 1.54) is 31.8 Å². The maximum atomic E-state index is 13.2. The minimum absolute atomic E-state index is 0.0364. The van der Waals surface area contributed by atoms with E-state index in [4.69, 9.17) is 4.98 Å². The fraction of sp³-hybridized carbons (Fsp3) is 0.308. The summed E-state index contributed by atoms with van der Waals surface area (Å²) >= 11 is 3.42. The molecule has 2 aromatic carbocycles. The van der Waals surface area contributed by atoms with E-state index in [2.05, 4.69) is 68.4 Å². The molecule has 0 spiro atoms. The van der Waals surface area contributed by atoms with Crippen LogP contribution in [-0.4, -0.2) is 29.4 Å². The number of nitrogens with one attached hydrogen (secondary N) is 1. The predicted octanol–water partition coefficient (Wildman–Crippen LogP) is 6.12. The lowest BCUT2D eigenvalue weighted by atomic mass is 9.97. The maximum absolute atomic E-state index is 13.2. The van der Waals surface area contributed by atoms with Crippen LogP contribution in [0.25, 0.3) is 20.8 Å². The standard InChI is InChI=1S/C26H27N3OS2/c1-15-11-16(2)19(17(3)12-15)13-23(30)28-26-24(18-9-10-29(4)14-22(18)32-26)25-27-20-7-5-6-8-21(20)31-25/h5-8,11-12H,9-10,13-14H2,1-4H3,(H,28,30). The number of aromatic nitrogens is 1. The number of anilines is 1. The molecule has 164 valence electrons. The number of aryl methyl sites for hydroxylation is 3. The lowest BCUT2D eigenvalue weighted by Crippen LogP contribution is -2.25. The molecule has 1 aliphatic heterocycles. The van der Waals surface area contributed by atoms with Gasteiger partial charge in [0.1, 0.15) is 10.0 Å². The second kappa shape index (κ2) is 8.43. The van der Waals surface area contributed by atoms with Gasteiger partial charge in [-0.05, 0) is 68.6 Å². The van der Waals surface area contributed by atoms with E-state index in [1.807, 2.05) is 6.07 Å².